The van der Waals surface area contributed by atoms with Crippen LogP contribution in [-0.4, -0.2) is 65.7 Å². The number of anilines is 2. The minimum absolute atomic E-state index is 0.277. The van der Waals surface area contributed by atoms with E-state index in [-0.39, 0.29) is 4.21 Å². The minimum Gasteiger partial charge on any atom is -0.371 e. The van der Waals surface area contributed by atoms with Gasteiger partial charge in [-0.3, -0.25) is 9.82 Å². The molecule has 0 spiro atoms. The number of nitrogens with one attached hydrogen (secondary N) is 3. The summed E-state index contributed by atoms with van der Waals surface area (Å²) in [5.74, 6) is 0.649. The largest absolute Gasteiger partial charge is 0.371 e. The third kappa shape index (κ3) is 4.79. The van der Waals surface area contributed by atoms with Crippen LogP contribution < -0.4 is 9.62 Å². The van der Waals surface area contributed by atoms with Crippen LogP contribution in [0, 0.1) is 0 Å². The zero-order chi connectivity index (χ0) is 26.4. The summed E-state index contributed by atoms with van der Waals surface area (Å²) in [7, 11) is -3.64. The lowest BCUT2D eigenvalue weighted by molar-refractivity contribution is 0.141. The quantitative estimate of drug-likeness (QED) is 0.255. The first-order valence-electron chi connectivity index (χ1n) is 13.6. The molecular weight excluding hydrogens is 530 g/mol. The van der Waals surface area contributed by atoms with Gasteiger partial charge in [-0.2, -0.15) is 5.10 Å². The van der Waals surface area contributed by atoms with Crippen molar-refractivity contribution in [2.75, 3.05) is 35.8 Å². The van der Waals surface area contributed by atoms with Crippen LogP contribution in [0.4, 0.5) is 11.4 Å². The van der Waals surface area contributed by atoms with Gasteiger partial charge >= 0.3 is 0 Å². The molecule has 2 saturated heterocycles. The fraction of sp³-hybridized carbons (Fsp3) is 0.357. The molecule has 3 aromatic heterocycles. The summed E-state index contributed by atoms with van der Waals surface area (Å²) >= 11 is 1.18. The molecule has 7 rings (SSSR count). The lowest BCUT2D eigenvalue weighted by Crippen LogP contribution is -2.46. The number of benzene rings is 2. The summed E-state index contributed by atoms with van der Waals surface area (Å²) < 4.78 is 28.4. The number of thiophene rings is 1. The van der Waals surface area contributed by atoms with Crippen LogP contribution >= 0.6 is 11.3 Å². The van der Waals surface area contributed by atoms with E-state index in [1.54, 1.807) is 29.6 Å². The van der Waals surface area contributed by atoms with Gasteiger partial charge in [0.2, 0.25) is 0 Å². The molecule has 0 atom stereocenters. The SMILES string of the molecule is O=S(=O)(Nc1ccc2[nH]nc(-c3nc4ccc(N5CCC(N6CCCCC6)CC5)cc4[nH]3)c2c1)c1cccs1. The number of likely N-dealkylation sites (tertiary alicyclic amines) is 1. The highest BCUT2D eigenvalue weighted by Gasteiger charge is 2.26. The molecule has 2 aliphatic rings. The molecule has 2 aromatic carbocycles. The summed E-state index contributed by atoms with van der Waals surface area (Å²) in [5, 5.41) is 10.1. The molecule has 9 nitrogen and oxygen atoms in total. The molecule has 0 unspecified atom stereocenters. The van der Waals surface area contributed by atoms with Crippen LogP contribution in [0.25, 0.3) is 33.5 Å². The van der Waals surface area contributed by atoms with E-state index in [9.17, 15) is 8.42 Å². The predicted octanol–water partition coefficient (Wildman–Crippen LogP) is 5.42. The Morgan fingerprint density at radius 3 is 2.59 bits per heavy atom. The van der Waals surface area contributed by atoms with Gasteiger partial charge in [-0.1, -0.05) is 12.5 Å². The summed E-state index contributed by atoms with van der Waals surface area (Å²) in [4.78, 5) is 13.5. The molecule has 202 valence electrons. The van der Waals surface area contributed by atoms with Gasteiger partial charge in [0, 0.05) is 35.9 Å². The first kappa shape index (κ1) is 24.6. The molecule has 2 fully saturated rings. The van der Waals surface area contributed by atoms with Gasteiger partial charge in [-0.15, -0.1) is 11.3 Å². The number of imidazole rings is 1. The van der Waals surface area contributed by atoms with E-state index in [1.807, 2.05) is 6.07 Å². The first-order valence-corrected chi connectivity index (χ1v) is 15.9. The van der Waals surface area contributed by atoms with Crippen LogP contribution in [-0.2, 0) is 10.0 Å². The number of fused-ring (bicyclic) bond motifs is 2. The molecule has 5 heterocycles. The van der Waals surface area contributed by atoms with E-state index in [1.165, 1.54) is 62.2 Å². The van der Waals surface area contributed by atoms with Crippen LogP contribution in [0.5, 0.6) is 0 Å². The molecule has 0 aliphatic carbocycles. The average molecular weight is 562 g/mol. The van der Waals surface area contributed by atoms with E-state index in [4.69, 9.17) is 4.98 Å². The first-order chi connectivity index (χ1) is 19.0. The van der Waals surface area contributed by atoms with Gasteiger partial charge in [0.15, 0.2) is 5.82 Å². The van der Waals surface area contributed by atoms with E-state index >= 15 is 0 Å². The highest BCUT2D eigenvalue weighted by molar-refractivity contribution is 7.94. The predicted molar refractivity (Wildman–Crippen MR) is 157 cm³/mol. The molecule has 0 amide bonds. The molecule has 0 bridgehead atoms. The number of hydrogen-bond donors (Lipinski definition) is 3. The molecule has 2 aliphatic heterocycles. The van der Waals surface area contributed by atoms with Gasteiger partial charge < -0.3 is 14.8 Å². The second-order valence-corrected chi connectivity index (χ2v) is 13.3. The van der Waals surface area contributed by atoms with E-state index < -0.39 is 10.0 Å². The highest BCUT2D eigenvalue weighted by Crippen LogP contribution is 2.32. The van der Waals surface area contributed by atoms with Gasteiger partial charge in [0.1, 0.15) is 9.90 Å². The molecule has 5 aromatic rings. The molecule has 39 heavy (non-hydrogen) atoms. The lowest BCUT2D eigenvalue weighted by atomic mass is 9.99. The van der Waals surface area contributed by atoms with Gasteiger partial charge in [0.05, 0.1) is 16.6 Å². The standard InChI is InChI=1S/C28H31N7O2S2/c36-39(37,26-5-4-16-38-26)33-19-6-8-23-22(17-19)27(32-31-23)28-29-24-9-7-21(18-25(24)30-28)35-14-10-20(11-15-35)34-12-2-1-3-13-34/h4-9,16-18,20,33H,1-3,10-15H2,(H,29,30)(H,31,32). The third-order valence-corrected chi connectivity index (χ3v) is 10.8. The number of aromatic amines is 2. The zero-order valence-corrected chi connectivity index (χ0v) is 23.2. The number of hydrogen-bond acceptors (Lipinski definition) is 7. The topological polar surface area (TPSA) is 110 Å². The Labute approximate surface area is 231 Å². The highest BCUT2D eigenvalue weighted by atomic mass is 32.2. The molecule has 0 saturated carbocycles. The van der Waals surface area contributed by atoms with Gasteiger partial charge in [0.25, 0.3) is 10.0 Å². The Balaban J connectivity index is 1.12. The minimum atomic E-state index is -3.64. The number of sulfonamides is 1. The van der Waals surface area contributed by atoms with Crippen molar-refractivity contribution in [1.82, 2.24) is 25.1 Å². The van der Waals surface area contributed by atoms with E-state index in [2.05, 4.69) is 47.9 Å². The molecule has 0 radical (unpaired) electrons. The molecule has 11 heteroatoms. The zero-order valence-electron chi connectivity index (χ0n) is 21.6. The van der Waals surface area contributed by atoms with Crippen molar-refractivity contribution in [3.63, 3.8) is 0 Å². The smallest absolute Gasteiger partial charge is 0.271 e. The lowest BCUT2D eigenvalue weighted by Gasteiger charge is -2.41. The van der Waals surface area contributed by atoms with Crippen LogP contribution in [0.3, 0.4) is 0 Å². The van der Waals surface area contributed by atoms with Crippen molar-refractivity contribution in [3.8, 4) is 11.5 Å². The van der Waals surface area contributed by atoms with Crippen molar-refractivity contribution in [2.45, 2.75) is 42.4 Å². The summed E-state index contributed by atoms with van der Waals surface area (Å²) in [6, 6.07) is 15.8. The molecular formula is C28H31N7O2S2. The van der Waals surface area contributed by atoms with Gasteiger partial charge in [-0.05, 0) is 86.6 Å². The Bertz CT molecular complexity index is 1710. The van der Waals surface area contributed by atoms with Crippen LogP contribution in [0.15, 0.2) is 58.1 Å². The average Bonchev–Trinajstić information content (AvgIpc) is 3.73. The maximum atomic E-state index is 12.7. The van der Waals surface area contributed by atoms with Crippen molar-refractivity contribution in [2.24, 2.45) is 0 Å². The normalized spacial score (nSPS) is 17.8. The Hall–Kier alpha value is -3.41. The Morgan fingerprint density at radius 1 is 0.949 bits per heavy atom. The molecule has 3 N–H and O–H groups in total. The Morgan fingerprint density at radius 2 is 1.79 bits per heavy atom. The number of aromatic nitrogens is 4. The fourth-order valence-electron chi connectivity index (χ4n) is 5.96. The number of piperidine rings is 2. The maximum absolute atomic E-state index is 12.7. The third-order valence-electron chi connectivity index (χ3n) is 8.00. The van der Waals surface area contributed by atoms with Gasteiger partial charge in [-0.25, -0.2) is 13.4 Å². The van der Waals surface area contributed by atoms with Crippen LogP contribution in [0.1, 0.15) is 32.1 Å². The summed E-state index contributed by atoms with van der Waals surface area (Å²) in [6.45, 7) is 4.67. The number of rotatable bonds is 6. The fourth-order valence-corrected chi connectivity index (χ4v) is 8.00. The van der Waals surface area contributed by atoms with Crippen LogP contribution in [0.2, 0.25) is 0 Å². The second-order valence-electron chi connectivity index (χ2n) is 10.5. The van der Waals surface area contributed by atoms with Crippen molar-refractivity contribution in [3.05, 3.63) is 53.9 Å². The second kappa shape index (κ2) is 9.96. The monoisotopic (exact) mass is 561 g/mol. The number of nitrogens with zero attached hydrogens (tertiary/aromatic N) is 4. The van der Waals surface area contributed by atoms with E-state index in [0.717, 1.165) is 41.1 Å². The van der Waals surface area contributed by atoms with Crippen molar-refractivity contribution in [1.29, 1.82) is 0 Å². The summed E-state index contributed by atoms with van der Waals surface area (Å²) in [5.41, 5.74) is 5.00. The van der Waals surface area contributed by atoms with Crippen molar-refractivity contribution >= 4 is 54.7 Å². The Kier molecular flexibility index (Phi) is 6.29. The maximum Gasteiger partial charge on any atom is 0.271 e. The summed E-state index contributed by atoms with van der Waals surface area (Å²) in [6.07, 6.45) is 6.49. The number of H-pyrrole nitrogens is 2. The van der Waals surface area contributed by atoms with E-state index in [0.29, 0.717) is 17.2 Å². The van der Waals surface area contributed by atoms with Crippen molar-refractivity contribution < 1.29 is 8.42 Å².